The molecule has 0 saturated carbocycles. The van der Waals surface area contributed by atoms with Gasteiger partial charge in [0, 0.05) is 24.4 Å². The normalized spacial score (nSPS) is 11.4. The van der Waals surface area contributed by atoms with Gasteiger partial charge in [-0.2, -0.15) is 0 Å². The highest BCUT2D eigenvalue weighted by Gasteiger charge is 2.00. The molecule has 1 rings (SSSR count). The summed E-state index contributed by atoms with van der Waals surface area (Å²) in [6, 6.07) is 3.20. The first-order chi connectivity index (χ1) is 6.77. The molecule has 0 amide bonds. The molecule has 5 heteroatoms. The number of aromatic amines is 1. The molecule has 0 bridgehead atoms. The van der Waals surface area contributed by atoms with Crippen molar-refractivity contribution in [3.8, 4) is 0 Å². The number of hydrogen-bond acceptors (Lipinski definition) is 3. The summed E-state index contributed by atoms with van der Waals surface area (Å²) in [7, 11) is 0. The Morgan fingerprint density at radius 1 is 1.71 bits per heavy atom. The van der Waals surface area contributed by atoms with Crippen LogP contribution in [0.15, 0.2) is 28.1 Å². The number of amidine groups is 1. The molecular formula is C9H14N4O. The second-order valence-electron chi connectivity index (χ2n) is 2.82. The standard InChI is InChI=1S/C9H14N4O/c1-2-4-12-9(13-10)7-3-5-11-8(14)6-7/h3,5-6H,2,4,10H2,1H3,(H,11,14)(H,12,13). The van der Waals surface area contributed by atoms with E-state index in [0.717, 1.165) is 6.42 Å². The van der Waals surface area contributed by atoms with E-state index >= 15 is 0 Å². The molecule has 0 fully saturated rings. The van der Waals surface area contributed by atoms with Crippen molar-refractivity contribution in [2.45, 2.75) is 13.3 Å². The van der Waals surface area contributed by atoms with Gasteiger partial charge in [-0.1, -0.05) is 6.92 Å². The maximum Gasteiger partial charge on any atom is 0.248 e. The Morgan fingerprint density at radius 3 is 3.07 bits per heavy atom. The van der Waals surface area contributed by atoms with Gasteiger partial charge in [0.05, 0.1) is 0 Å². The van der Waals surface area contributed by atoms with Crippen LogP contribution in [0.1, 0.15) is 18.9 Å². The number of pyridine rings is 1. The molecule has 0 saturated heterocycles. The maximum absolute atomic E-state index is 11.0. The van der Waals surface area contributed by atoms with Crippen molar-refractivity contribution in [1.29, 1.82) is 0 Å². The molecule has 0 unspecified atom stereocenters. The van der Waals surface area contributed by atoms with E-state index in [2.05, 4.69) is 15.4 Å². The molecule has 0 aliphatic rings. The van der Waals surface area contributed by atoms with Crippen LogP contribution in [0.5, 0.6) is 0 Å². The zero-order chi connectivity index (χ0) is 10.4. The van der Waals surface area contributed by atoms with Crippen LogP contribution in [-0.2, 0) is 0 Å². The monoisotopic (exact) mass is 194 g/mol. The lowest BCUT2D eigenvalue weighted by Gasteiger charge is -2.04. The van der Waals surface area contributed by atoms with Crippen LogP contribution in [0.3, 0.4) is 0 Å². The Kier molecular flexibility index (Phi) is 3.87. The van der Waals surface area contributed by atoms with Gasteiger partial charge in [-0.3, -0.25) is 9.79 Å². The lowest BCUT2D eigenvalue weighted by Crippen LogP contribution is -2.32. The number of hydrogen-bond donors (Lipinski definition) is 3. The number of aromatic nitrogens is 1. The van der Waals surface area contributed by atoms with Crippen LogP contribution in [0.4, 0.5) is 0 Å². The quantitative estimate of drug-likeness (QED) is 0.274. The van der Waals surface area contributed by atoms with Gasteiger partial charge in [0.1, 0.15) is 5.84 Å². The highest BCUT2D eigenvalue weighted by atomic mass is 16.1. The smallest absolute Gasteiger partial charge is 0.248 e. The molecule has 1 aromatic rings. The summed E-state index contributed by atoms with van der Waals surface area (Å²) in [6.07, 6.45) is 2.50. The van der Waals surface area contributed by atoms with Crippen LogP contribution < -0.4 is 16.8 Å². The third-order valence-corrected chi connectivity index (χ3v) is 1.68. The fourth-order valence-electron chi connectivity index (χ4n) is 1.04. The Hall–Kier alpha value is -1.62. The van der Waals surface area contributed by atoms with E-state index in [9.17, 15) is 4.79 Å². The average Bonchev–Trinajstić information content (AvgIpc) is 2.19. The van der Waals surface area contributed by atoms with Gasteiger partial charge < -0.3 is 10.4 Å². The fourth-order valence-corrected chi connectivity index (χ4v) is 1.04. The fraction of sp³-hybridized carbons (Fsp3) is 0.333. The molecule has 14 heavy (non-hydrogen) atoms. The summed E-state index contributed by atoms with van der Waals surface area (Å²) < 4.78 is 0. The molecule has 0 aliphatic heterocycles. The Balaban J connectivity index is 2.95. The third kappa shape index (κ3) is 2.70. The van der Waals surface area contributed by atoms with Crippen LogP contribution in [-0.4, -0.2) is 17.4 Å². The minimum atomic E-state index is -0.165. The van der Waals surface area contributed by atoms with E-state index in [1.807, 2.05) is 6.92 Å². The van der Waals surface area contributed by atoms with Crippen LogP contribution >= 0.6 is 0 Å². The lowest BCUT2D eigenvalue weighted by molar-refractivity contribution is 0.907. The minimum Gasteiger partial charge on any atom is -0.329 e. The van der Waals surface area contributed by atoms with Gasteiger partial charge in [-0.15, -0.1) is 0 Å². The van der Waals surface area contributed by atoms with Crippen molar-refractivity contribution in [3.05, 3.63) is 34.2 Å². The van der Waals surface area contributed by atoms with Gasteiger partial charge >= 0.3 is 0 Å². The molecule has 0 aromatic carbocycles. The third-order valence-electron chi connectivity index (χ3n) is 1.68. The van der Waals surface area contributed by atoms with E-state index in [1.54, 1.807) is 12.3 Å². The highest BCUT2D eigenvalue weighted by molar-refractivity contribution is 5.98. The molecule has 76 valence electrons. The SMILES string of the molecule is CCCN=C(NN)c1cc[nH]c(=O)c1. The van der Waals surface area contributed by atoms with Crippen LogP contribution in [0, 0.1) is 0 Å². The second kappa shape index (κ2) is 5.18. The molecule has 0 radical (unpaired) electrons. The summed E-state index contributed by atoms with van der Waals surface area (Å²) in [5.41, 5.74) is 3.01. The van der Waals surface area contributed by atoms with Crippen molar-refractivity contribution in [3.63, 3.8) is 0 Å². The molecule has 0 aliphatic carbocycles. The van der Waals surface area contributed by atoms with E-state index in [1.165, 1.54) is 6.07 Å². The van der Waals surface area contributed by atoms with E-state index in [0.29, 0.717) is 17.9 Å². The van der Waals surface area contributed by atoms with E-state index in [-0.39, 0.29) is 5.56 Å². The summed E-state index contributed by atoms with van der Waals surface area (Å²) in [5, 5.41) is 0. The summed E-state index contributed by atoms with van der Waals surface area (Å²) >= 11 is 0. The molecule has 1 aromatic heterocycles. The largest absolute Gasteiger partial charge is 0.329 e. The molecule has 4 N–H and O–H groups in total. The van der Waals surface area contributed by atoms with Crippen molar-refractivity contribution in [1.82, 2.24) is 10.4 Å². The van der Waals surface area contributed by atoms with Gasteiger partial charge in [0.15, 0.2) is 0 Å². The molecule has 0 spiro atoms. The Morgan fingerprint density at radius 2 is 2.50 bits per heavy atom. The number of rotatable bonds is 3. The first-order valence-corrected chi connectivity index (χ1v) is 4.48. The predicted molar refractivity (Wildman–Crippen MR) is 56.1 cm³/mol. The number of nitrogens with one attached hydrogen (secondary N) is 2. The Bertz CT molecular complexity index is 369. The molecule has 5 nitrogen and oxygen atoms in total. The average molecular weight is 194 g/mol. The predicted octanol–water partition coefficient (Wildman–Crippen LogP) is -0.00520. The number of aliphatic imine (C=N–C) groups is 1. The van der Waals surface area contributed by atoms with Gasteiger partial charge in [-0.25, -0.2) is 5.84 Å². The van der Waals surface area contributed by atoms with E-state index in [4.69, 9.17) is 5.84 Å². The topological polar surface area (TPSA) is 83.3 Å². The van der Waals surface area contributed by atoms with Crippen molar-refractivity contribution >= 4 is 5.84 Å². The van der Waals surface area contributed by atoms with Gasteiger partial charge in [-0.05, 0) is 12.5 Å². The van der Waals surface area contributed by atoms with Crippen molar-refractivity contribution in [2.75, 3.05) is 6.54 Å². The van der Waals surface area contributed by atoms with Crippen LogP contribution in [0.2, 0.25) is 0 Å². The number of hydrazine groups is 1. The van der Waals surface area contributed by atoms with Crippen molar-refractivity contribution in [2.24, 2.45) is 10.8 Å². The summed E-state index contributed by atoms with van der Waals surface area (Å²) in [4.78, 5) is 17.7. The van der Waals surface area contributed by atoms with Crippen LogP contribution in [0.25, 0.3) is 0 Å². The second-order valence-corrected chi connectivity index (χ2v) is 2.82. The molecular weight excluding hydrogens is 180 g/mol. The zero-order valence-electron chi connectivity index (χ0n) is 8.08. The molecule has 1 heterocycles. The number of nitrogens with two attached hydrogens (primary N) is 1. The number of H-pyrrole nitrogens is 1. The first kappa shape index (κ1) is 10.5. The molecule has 0 atom stereocenters. The van der Waals surface area contributed by atoms with Crippen molar-refractivity contribution < 1.29 is 0 Å². The summed E-state index contributed by atoms with van der Waals surface area (Å²) in [6.45, 7) is 2.71. The number of nitrogens with zero attached hydrogens (tertiary/aromatic N) is 1. The highest BCUT2D eigenvalue weighted by Crippen LogP contribution is 1.94. The van der Waals surface area contributed by atoms with E-state index < -0.39 is 0 Å². The lowest BCUT2D eigenvalue weighted by atomic mass is 10.2. The maximum atomic E-state index is 11.0. The summed E-state index contributed by atoms with van der Waals surface area (Å²) in [5.74, 6) is 5.84. The Labute approximate surface area is 82.0 Å². The van der Waals surface area contributed by atoms with Gasteiger partial charge in [0.25, 0.3) is 0 Å². The zero-order valence-corrected chi connectivity index (χ0v) is 8.08. The minimum absolute atomic E-state index is 0.165. The van der Waals surface area contributed by atoms with Gasteiger partial charge in [0.2, 0.25) is 5.56 Å². The first-order valence-electron chi connectivity index (χ1n) is 4.48.